The fraction of sp³-hybridized carbons (Fsp3) is 0.550. The van der Waals surface area contributed by atoms with Crippen molar-refractivity contribution in [3.63, 3.8) is 0 Å². The normalized spacial score (nSPS) is 20.0. The summed E-state index contributed by atoms with van der Waals surface area (Å²) in [4.78, 5) is 15.1. The van der Waals surface area contributed by atoms with Gasteiger partial charge < -0.3 is 14.8 Å². The molecule has 1 unspecified atom stereocenters. The molecule has 2 heterocycles. The summed E-state index contributed by atoms with van der Waals surface area (Å²) in [7, 11) is 0. The molecule has 5 nitrogen and oxygen atoms in total. The summed E-state index contributed by atoms with van der Waals surface area (Å²) in [6.07, 6.45) is 2.54. The standard InChI is InChI=1S/C20H28N2O3/c1-16-19(8-5-11-25-16)20(23)21-18(14-17-6-3-2-4-7-17)15-22-9-12-24-13-10-22/h2-4,6-7,18H,5,8-15H2,1H3,(H,21,23). The summed E-state index contributed by atoms with van der Waals surface area (Å²) in [5.41, 5.74) is 2.04. The first kappa shape index (κ1) is 18.0. The highest BCUT2D eigenvalue weighted by Crippen LogP contribution is 2.19. The summed E-state index contributed by atoms with van der Waals surface area (Å²) in [5.74, 6) is 0.792. The number of ether oxygens (including phenoxy) is 2. The average Bonchev–Trinajstić information content (AvgIpc) is 2.63. The lowest BCUT2D eigenvalue weighted by atomic mass is 10.0. The predicted octanol–water partition coefficient (Wildman–Crippen LogP) is 2.13. The summed E-state index contributed by atoms with van der Waals surface area (Å²) < 4.78 is 11.0. The van der Waals surface area contributed by atoms with Crippen molar-refractivity contribution in [2.75, 3.05) is 39.5 Å². The second kappa shape index (κ2) is 9.02. The number of morpholine rings is 1. The molecular weight excluding hydrogens is 316 g/mol. The zero-order valence-corrected chi connectivity index (χ0v) is 15.0. The summed E-state index contributed by atoms with van der Waals surface area (Å²) in [6, 6.07) is 10.4. The maximum absolute atomic E-state index is 12.8. The van der Waals surface area contributed by atoms with Crippen molar-refractivity contribution < 1.29 is 14.3 Å². The minimum atomic E-state index is 0.0198. The third kappa shape index (κ3) is 5.31. The first-order valence-electron chi connectivity index (χ1n) is 9.20. The molecule has 0 spiro atoms. The molecule has 0 aromatic heterocycles. The van der Waals surface area contributed by atoms with Crippen LogP contribution in [-0.2, 0) is 20.7 Å². The van der Waals surface area contributed by atoms with Crippen LogP contribution >= 0.6 is 0 Å². The lowest BCUT2D eigenvalue weighted by Crippen LogP contribution is -2.48. The lowest BCUT2D eigenvalue weighted by Gasteiger charge is -2.31. The molecule has 1 amide bonds. The molecule has 5 heteroatoms. The van der Waals surface area contributed by atoms with Gasteiger partial charge in [0.05, 0.1) is 25.4 Å². The van der Waals surface area contributed by atoms with Crippen LogP contribution < -0.4 is 5.32 Å². The molecule has 2 aliphatic rings. The molecule has 2 aliphatic heterocycles. The van der Waals surface area contributed by atoms with Crippen LogP contribution in [0.3, 0.4) is 0 Å². The van der Waals surface area contributed by atoms with Crippen LogP contribution in [0.25, 0.3) is 0 Å². The Labute approximate surface area is 150 Å². The summed E-state index contributed by atoms with van der Waals surface area (Å²) >= 11 is 0. The van der Waals surface area contributed by atoms with E-state index < -0.39 is 0 Å². The van der Waals surface area contributed by atoms with Crippen LogP contribution in [0.5, 0.6) is 0 Å². The minimum absolute atomic E-state index is 0.0198. The van der Waals surface area contributed by atoms with Gasteiger partial charge in [-0.2, -0.15) is 0 Å². The Balaban J connectivity index is 1.67. The number of allylic oxidation sites excluding steroid dienone is 1. The Morgan fingerprint density at radius 1 is 1.20 bits per heavy atom. The van der Waals surface area contributed by atoms with Gasteiger partial charge in [-0.1, -0.05) is 30.3 Å². The highest BCUT2D eigenvalue weighted by molar-refractivity contribution is 5.94. The van der Waals surface area contributed by atoms with E-state index in [1.54, 1.807) is 0 Å². The first-order chi connectivity index (χ1) is 12.2. The van der Waals surface area contributed by atoms with Gasteiger partial charge in [0.2, 0.25) is 0 Å². The Morgan fingerprint density at radius 3 is 2.68 bits per heavy atom. The number of carbonyl (C=O) groups excluding carboxylic acids is 1. The van der Waals surface area contributed by atoms with Gasteiger partial charge in [-0.05, 0) is 31.7 Å². The number of hydrogen-bond acceptors (Lipinski definition) is 4. The van der Waals surface area contributed by atoms with Gasteiger partial charge in [0.15, 0.2) is 0 Å². The molecule has 25 heavy (non-hydrogen) atoms. The molecule has 1 fully saturated rings. The van der Waals surface area contributed by atoms with Crippen molar-refractivity contribution in [1.82, 2.24) is 10.2 Å². The zero-order valence-electron chi connectivity index (χ0n) is 15.0. The van der Waals surface area contributed by atoms with E-state index in [4.69, 9.17) is 9.47 Å². The number of rotatable bonds is 6. The monoisotopic (exact) mass is 344 g/mol. The molecule has 0 bridgehead atoms. The molecule has 0 aliphatic carbocycles. The fourth-order valence-electron chi connectivity index (χ4n) is 3.44. The molecule has 1 aromatic rings. The van der Waals surface area contributed by atoms with Gasteiger partial charge >= 0.3 is 0 Å². The molecule has 3 rings (SSSR count). The Kier molecular flexibility index (Phi) is 6.48. The van der Waals surface area contributed by atoms with E-state index in [1.165, 1.54) is 5.56 Å². The molecule has 1 aromatic carbocycles. The van der Waals surface area contributed by atoms with Crippen LogP contribution in [0.2, 0.25) is 0 Å². The quantitative estimate of drug-likeness (QED) is 0.859. The van der Waals surface area contributed by atoms with Crippen molar-refractivity contribution in [2.24, 2.45) is 0 Å². The van der Waals surface area contributed by atoms with E-state index in [2.05, 4.69) is 22.3 Å². The first-order valence-corrected chi connectivity index (χ1v) is 9.20. The molecule has 1 saturated heterocycles. The number of benzene rings is 1. The van der Waals surface area contributed by atoms with Crippen molar-refractivity contribution in [3.8, 4) is 0 Å². The molecule has 136 valence electrons. The topological polar surface area (TPSA) is 50.8 Å². The van der Waals surface area contributed by atoms with Crippen LogP contribution in [0, 0.1) is 0 Å². The fourth-order valence-corrected chi connectivity index (χ4v) is 3.44. The smallest absolute Gasteiger partial charge is 0.250 e. The third-order valence-corrected chi connectivity index (χ3v) is 4.83. The number of nitrogens with zero attached hydrogens (tertiary/aromatic N) is 1. The highest BCUT2D eigenvalue weighted by Gasteiger charge is 2.23. The van der Waals surface area contributed by atoms with E-state index in [1.807, 2.05) is 25.1 Å². The summed E-state index contributed by atoms with van der Waals surface area (Å²) in [5, 5.41) is 3.25. The number of hydrogen-bond donors (Lipinski definition) is 1. The number of nitrogens with one attached hydrogen (secondary N) is 1. The lowest BCUT2D eigenvalue weighted by molar-refractivity contribution is -0.119. The van der Waals surface area contributed by atoms with Gasteiger partial charge in [0.25, 0.3) is 5.91 Å². The van der Waals surface area contributed by atoms with Crippen LogP contribution in [-0.4, -0.2) is 56.3 Å². The summed E-state index contributed by atoms with van der Waals surface area (Å²) in [6.45, 7) is 6.83. The van der Waals surface area contributed by atoms with E-state index in [9.17, 15) is 4.79 Å². The van der Waals surface area contributed by atoms with E-state index in [0.717, 1.165) is 63.4 Å². The van der Waals surface area contributed by atoms with Crippen molar-refractivity contribution in [3.05, 3.63) is 47.2 Å². The van der Waals surface area contributed by atoms with Crippen molar-refractivity contribution in [2.45, 2.75) is 32.2 Å². The Morgan fingerprint density at radius 2 is 1.96 bits per heavy atom. The van der Waals surface area contributed by atoms with Crippen molar-refractivity contribution >= 4 is 5.91 Å². The zero-order chi connectivity index (χ0) is 17.5. The average molecular weight is 344 g/mol. The van der Waals surface area contributed by atoms with E-state index in [-0.39, 0.29) is 11.9 Å². The number of carbonyl (C=O) groups is 1. The molecule has 1 N–H and O–H groups in total. The SMILES string of the molecule is CC1=C(C(=O)NC(Cc2ccccc2)CN2CCOCC2)CCCO1. The predicted molar refractivity (Wildman–Crippen MR) is 97.2 cm³/mol. The van der Waals surface area contributed by atoms with Gasteiger partial charge in [-0.25, -0.2) is 0 Å². The van der Waals surface area contributed by atoms with Crippen molar-refractivity contribution in [1.29, 1.82) is 0 Å². The molecular formula is C20H28N2O3. The maximum atomic E-state index is 12.8. The third-order valence-electron chi connectivity index (χ3n) is 4.83. The maximum Gasteiger partial charge on any atom is 0.250 e. The molecule has 0 saturated carbocycles. The van der Waals surface area contributed by atoms with Crippen LogP contribution in [0.4, 0.5) is 0 Å². The highest BCUT2D eigenvalue weighted by atomic mass is 16.5. The Hall–Kier alpha value is -1.85. The molecule has 0 radical (unpaired) electrons. The second-order valence-corrected chi connectivity index (χ2v) is 6.76. The minimum Gasteiger partial charge on any atom is -0.498 e. The molecule has 1 atom stereocenters. The van der Waals surface area contributed by atoms with Gasteiger partial charge in [-0.15, -0.1) is 0 Å². The Bertz CT molecular complexity index is 594. The second-order valence-electron chi connectivity index (χ2n) is 6.76. The number of amides is 1. The van der Waals surface area contributed by atoms with Crippen LogP contribution in [0.1, 0.15) is 25.3 Å². The van der Waals surface area contributed by atoms with Gasteiger partial charge in [0, 0.05) is 25.7 Å². The van der Waals surface area contributed by atoms with E-state index >= 15 is 0 Å². The van der Waals surface area contributed by atoms with Gasteiger partial charge in [0.1, 0.15) is 5.76 Å². The van der Waals surface area contributed by atoms with E-state index in [0.29, 0.717) is 6.61 Å². The van der Waals surface area contributed by atoms with Gasteiger partial charge in [-0.3, -0.25) is 9.69 Å². The largest absolute Gasteiger partial charge is 0.498 e. The van der Waals surface area contributed by atoms with Crippen LogP contribution in [0.15, 0.2) is 41.7 Å².